The zero-order chi connectivity index (χ0) is 12.8. The van der Waals surface area contributed by atoms with Crippen LogP contribution in [0.15, 0.2) is 18.2 Å². The predicted molar refractivity (Wildman–Crippen MR) is 65.6 cm³/mol. The third kappa shape index (κ3) is 4.32. The first-order chi connectivity index (χ1) is 8.04. The van der Waals surface area contributed by atoms with Crippen LogP contribution in [0.2, 0.25) is 0 Å². The van der Waals surface area contributed by atoms with Gasteiger partial charge < -0.3 is 15.2 Å². The van der Waals surface area contributed by atoms with E-state index in [0.717, 1.165) is 6.07 Å². The first-order valence-electron chi connectivity index (χ1n) is 5.86. The van der Waals surface area contributed by atoms with Crippen molar-refractivity contribution in [3.63, 3.8) is 0 Å². The van der Waals surface area contributed by atoms with Crippen LogP contribution in [-0.2, 0) is 4.74 Å². The summed E-state index contributed by atoms with van der Waals surface area (Å²) in [4.78, 5) is 0. The molecule has 1 aromatic rings. The first-order valence-corrected chi connectivity index (χ1v) is 5.86. The molecule has 0 aromatic heterocycles. The van der Waals surface area contributed by atoms with Gasteiger partial charge in [-0.3, -0.25) is 0 Å². The lowest BCUT2D eigenvalue weighted by molar-refractivity contribution is 0.124. The van der Waals surface area contributed by atoms with E-state index in [2.05, 4.69) is 5.32 Å². The Morgan fingerprint density at radius 1 is 1.41 bits per heavy atom. The highest BCUT2D eigenvalue weighted by Crippen LogP contribution is 2.21. The number of ether oxygens (including phenoxy) is 1. The maximum atomic E-state index is 13.6. The molecule has 2 atom stereocenters. The molecule has 96 valence electrons. The second kappa shape index (κ2) is 6.57. The molecule has 3 nitrogen and oxygen atoms in total. The van der Waals surface area contributed by atoms with Crippen LogP contribution in [0.1, 0.15) is 32.4 Å². The Kier molecular flexibility index (Phi) is 5.38. The summed E-state index contributed by atoms with van der Waals surface area (Å²) >= 11 is 0. The molecule has 0 aliphatic heterocycles. The Bertz CT molecular complexity index is 357. The van der Waals surface area contributed by atoms with Gasteiger partial charge in [0, 0.05) is 30.3 Å². The van der Waals surface area contributed by atoms with E-state index in [4.69, 9.17) is 9.84 Å². The minimum absolute atomic E-state index is 0.0548. The molecule has 1 aromatic carbocycles. The lowest BCUT2D eigenvalue weighted by atomic mass is 10.1. The molecule has 0 spiro atoms. The molecular weight excluding hydrogens is 221 g/mol. The number of hydrogen-bond acceptors (Lipinski definition) is 3. The van der Waals surface area contributed by atoms with Crippen LogP contribution in [0.5, 0.6) is 5.75 Å². The zero-order valence-corrected chi connectivity index (χ0v) is 10.5. The first kappa shape index (κ1) is 13.9. The summed E-state index contributed by atoms with van der Waals surface area (Å²) in [5.41, 5.74) is 0.547. The quantitative estimate of drug-likeness (QED) is 0.804. The molecule has 0 amide bonds. The molecule has 2 N–H and O–H groups in total. The van der Waals surface area contributed by atoms with E-state index in [1.807, 2.05) is 20.8 Å². The molecule has 0 aliphatic rings. The fourth-order valence-electron chi connectivity index (χ4n) is 1.73. The summed E-state index contributed by atoms with van der Waals surface area (Å²) in [6.45, 7) is 7.09. The van der Waals surface area contributed by atoms with Gasteiger partial charge in [0.1, 0.15) is 11.6 Å². The smallest absolute Gasteiger partial charge is 0.131 e. The zero-order valence-electron chi connectivity index (χ0n) is 10.5. The SMILES string of the molecule is CCOCC(C)NC(C)c1ccc(O)cc1F. The van der Waals surface area contributed by atoms with Gasteiger partial charge in [-0.1, -0.05) is 6.07 Å². The highest BCUT2D eigenvalue weighted by atomic mass is 19.1. The van der Waals surface area contributed by atoms with E-state index in [1.165, 1.54) is 6.07 Å². The third-order valence-corrected chi connectivity index (χ3v) is 2.56. The van der Waals surface area contributed by atoms with Gasteiger partial charge in [-0.05, 0) is 26.8 Å². The molecule has 0 bridgehead atoms. The monoisotopic (exact) mass is 241 g/mol. The fraction of sp³-hybridized carbons (Fsp3) is 0.538. The van der Waals surface area contributed by atoms with E-state index in [1.54, 1.807) is 6.07 Å². The molecule has 2 unspecified atom stereocenters. The van der Waals surface area contributed by atoms with Crippen LogP contribution in [0.3, 0.4) is 0 Å². The van der Waals surface area contributed by atoms with Crippen molar-refractivity contribution in [1.29, 1.82) is 0 Å². The molecule has 17 heavy (non-hydrogen) atoms. The molecule has 0 saturated carbocycles. The second-order valence-electron chi connectivity index (χ2n) is 4.15. The molecule has 0 radical (unpaired) electrons. The number of aromatic hydroxyl groups is 1. The molecule has 0 fully saturated rings. The van der Waals surface area contributed by atoms with Crippen LogP contribution in [0.25, 0.3) is 0 Å². The molecule has 1 rings (SSSR count). The highest BCUT2D eigenvalue weighted by Gasteiger charge is 2.13. The maximum Gasteiger partial charge on any atom is 0.131 e. The average molecular weight is 241 g/mol. The Labute approximate surface area is 102 Å². The van der Waals surface area contributed by atoms with Gasteiger partial charge in [-0.2, -0.15) is 0 Å². The normalized spacial score (nSPS) is 14.6. The van der Waals surface area contributed by atoms with Crippen LogP contribution >= 0.6 is 0 Å². The lowest BCUT2D eigenvalue weighted by Gasteiger charge is -2.20. The van der Waals surface area contributed by atoms with Gasteiger partial charge in [0.2, 0.25) is 0 Å². The third-order valence-electron chi connectivity index (χ3n) is 2.56. The van der Waals surface area contributed by atoms with Crippen molar-refractivity contribution in [2.24, 2.45) is 0 Å². The number of rotatable bonds is 6. The average Bonchev–Trinajstić information content (AvgIpc) is 2.26. The number of hydrogen-bond donors (Lipinski definition) is 2. The molecule has 4 heteroatoms. The minimum atomic E-state index is -0.395. The summed E-state index contributed by atoms with van der Waals surface area (Å²) in [5, 5.41) is 12.4. The molecule has 0 heterocycles. The van der Waals surface area contributed by atoms with Gasteiger partial charge in [0.05, 0.1) is 6.61 Å². The number of benzene rings is 1. The van der Waals surface area contributed by atoms with E-state index in [9.17, 15) is 4.39 Å². The summed E-state index contributed by atoms with van der Waals surface area (Å²) < 4.78 is 18.9. The van der Waals surface area contributed by atoms with Crippen LogP contribution in [0.4, 0.5) is 4.39 Å². The van der Waals surface area contributed by atoms with Gasteiger partial charge in [0.25, 0.3) is 0 Å². The second-order valence-corrected chi connectivity index (χ2v) is 4.15. The molecule has 0 saturated heterocycles. The standard InChI is InChI=1S/C13H20FNO2/c1-4-17-8-9(2)15-10(3)12-6-5-11(16)7-13(12)14/h5-7,9-10,15-16H,4,8H2,1-3H3. The largest absolute Gasteiger partial charge is 0.508 e. The van der Waals surface area contributed by atoms with E-state index >= 15 is 0 Å². The Balaban J connectivity index is 2.60. The number of phenols is 1. The van der Waals surface area contributed by atoms with E-state index in [-0.39, 0.29) is 17.8 Å². The summed E-state index contributed by atoms with van der Waals surface area (Å²) in [5.74, 6) is -0.450. The van der Waals surface area contributed by atoms with Crippen molar-refractivity contribution in [3.05, 3.63) is 29.6 Å². The van der Waals surface area contributed by atoms with Crippen molar-refractivity contribution in [2.75, 3.05) is 13.2 Å². The Hall–Kier alpha value is -1.13. The van der Waals surface area contributed by atoms with Crippen molar-refractivity contribution in [1.82, 2.24) is 5.32 Å². The van der Waals surface area contributed by atoms with Crippen LogP contribution < -0.4 is 5.32 Å². The van der Waals surface area contributed by atoms with Gasteiger partial charge in [-0.15, -0.1) is 0 Å². The van der Waals surface area contributed by atoms with Crippen molar-refractivity contribution in [2.45, 2.75) is 32.9 Å². The highest BCUT2D eigenvalue weighted by molar-refractivity contribution is 5.29. The van der Waals surface area contributed by atoms with Gasteiger partial charge in [-0.25, -0.2) is 4.39 Å². The number of phenolic OH excluding ortho intramolecular Hbond substituents is 1. The number of halogens is 1. The van der Waals surface area contributed by atoms with Crippen molar-refractivity contribution < 1.29 is 14.2 Å². The topological polar surface area (TPSA) is 41.5 Å². The fourth-order valence-corrected chi connectivity index (χ4v) is 1.73. The summed E-state index contributed by atoms with van der Waals surface area (Å²) in [6, 6.07) is 4.24. The van der Waals surface area contributed by atoms with Gasteiger partial charge >= 0.3 is 0 Å². The van der Waals surface area contributed by atoms with Crippen molar-refractivity contribution >= 4 is 0 Å². The summed E-state index contributed by atoms with van der Waals surface area (Å²) in [7, 11) is 0. The molecule has 0 aliphatic carbocycles. The predicted octanol–water partition coefficient (Wildman–Crippen LogP) is 2.61. The van der Waals surface area contributed by atoms with E-state index in [0.29, 0.717) is 18.8 Å². The van der Waals surface area contributed by atoms with Crippen molar-refractivity contribution in [3.8, 4) is 5.75 Å². The summed E-state index contributed by atoms with van der Waals surface area (Å²) in [6.07, 6.45) is 0. The van der Waals surface area contributed by atoms with Crippen LogP contribution in [-0.4, -0.2) is 24.4 Å². The Morgan fingerprint density at radius 2 is 2.12 bits per heavy atom. The minimum Gasteiger partial charge on any atom is -0.508 e. The van der Waals surface area contributed by atoms with Gasteiger partial charge in [0.15, 0.2) is 0 Å². The number of nitrogens with one attached hydrogen (secondary N) is 1. The maximum absolute atomic E-state index is 13.6. The van der Waals surface area contributed by atoms with Crippen LogP contribution in [0, 0.1) is 5.82 Å². The Morgan fingerprint density at radius 3 is 2.71 bits per heavy atom. The van der Waals surface area contributed by atoms with E-state index < -0.39 is 5.82 Å². The molecular formula is C13H20FNO2. The lowest BCUT2D eigenvalue weighted by Crippen LogP contribution is -2.33.